The number of piperazine rings is 1. The minimum absolute atomic E-state index is 0.266. The van der Waals surface area contributed by atoms with Gasteiger partial charge >= 0.3 is 5.97 Å². The van der Waals surface area contributed by atoms with Crippen molar-refractivity contribution >= 4 is 11.7 Å². The molecule has 0 N–H and O–H groups in total. The fraction of sp³-hybridized carbons (Fsp3) is 0.450. The van der Waals surface area contributed by atoms with E-state index in [0.29, 0.717) is 6.61 Å². The van der Waals surface area contributed by atoms with Gasteiger partial charge in [0.15, 0.2) is 0 Å². The van der Waals surface area contributed by atoms with E-state index in [0.717, 1.165) is 39.1 Å². The second kappa shape index (κ2) is 8.21. The smallest absolute Gasteiger partial charge is 0.374 e. The summed E-state index contributed by atoms with van der Waals surface area (Å²) in [5.74, 6) is -0.119. The van der Waals surface area contributed by atoms with Gasteiger partial charge in [-0.15, -0.1) is 0 Å². The highest BCUT2D eigenvalue weighted by Gasteiger charge is 2.18. The zero-order valence-corrected chi connectivity index (χ0v) is 15.0. The summed E-state index contributed by atoms with van der Waals surface area (Å²) in [6.07, 6.45) is 2.32. The van der Waals surface area contributed by atoms with Crippen LogP contribution in [0.5, 0.6) is 0 Å². The standard InChI is InChI=1S/C20H26N2O3/c1-16-6-7-17(2)18(15-16)22-11-9-21(10-12-22)8-4-14-25-20(23)19-5-3-13-24-19/h3,5-7,13,15H,4,8-12,14H2,1-2H3. The second-order valence-corrected chi connectivity index (χ2v) is 6.59. The molecule has 2 aromatic rings. The molecule has 0 saturated carbocycles. The van der Waals surface area contributed by atoms with Crippen LogP contribution in [-0.2, 0) is 4.74 Å². The molecule has 0 unspecified atom stereocenters. The molecule has 5 heteroatoms. The first-order valence-corrected chi connectivity index (χ1v) is 8.88. The molecular formula is C20H26N2O3. The number of rotatable bonds is 6. The topological polar surface area (TPSA) is 45.9 Å². The van der Waals surface area contributed by atoms with Crippen LogP contribution in [0.15, 0.2) is 41.0 Å². The van der Waals surface area contributed by atoms with Crippen molar-refractivity contribution < 1.29 is 13.9 Å². The molecule has 0 radical (unpaired) electrons. The first kappa shape index (κ1) is 17.5. The summed E-state index contributed by atoms with van der Waals surface area (Å²) in [5, 5.41) is 0. The van der Waals surface area contributed by atoms with Crippen molar-refractivity contribution in [3.05, 3.63) is 53.5 Å². The molecule has 1 saturated heterocycles. The fourth-order valence-electron chi connectivity index (χ4n) is 3.19. The number of benzene rings is 1. The molecule has 1 aliphatic rings. The summed E-state index contributed by atoms with van der Waals surface area (Å²) in [4.78, 5) is 16.6. The van der Waals surface area contributed by atoms with Crippen LogP contribution in [0.1, 0.15) is 28.1 Å². The molecule has 1 aliphatic heterocycles. The molecule has 1 fully saturated rings. The number of hydrogen-bond donors (Lipinski definition) is 0. The van der Waals surface area contributed by atoms with Crippen molar-refractivity contribution in [2.45, 2.75) is 20.3 Å². The Bertz CT molecular complexity index is 689. The average molecular weight is 342 g/mol. The number of carbonyl (C=O) groups is 1. The third-order valence-corrected chi connectivity index (χ3v) is 4.65. The molecule has 1 aromatic carbocycles. The Kier molecular flexibility index (Phi) is 5.76. The van der Waals surface area contributed by atoms with Gasteiger partial charge in [-0.1, -0.05) is 12.1 Å². The van der Waals surface area contributed by atoms with E-state index >= 15 is 0 Å². The Morgan fingerprint density at radius 1 is 1.16 bits per heavy atom. The molecule has 5 nitrogen and oxygen atoms in total. The summed E-state index contributed by atoms with van der Waals surface area (Å²) in [6.45, 7) is 9.85. The maximum atomic E-state index is 11.7. The van der Waals surface area contributed by atoms with Crippen molar-refractivity contribution in [2.75, 3.05) is 44.2 Å². The van der Waals surface area contributed by atoms with Crippen molar-refractivity contribution in [3.63, 3.8) is 0 Å². The van der Waals surface area contributed by atoms with Gasteiger partial charge in [-0.3, -0.25) is 4.90 Å². The second-order valence-electron chi connectivity index (χ2n) is 6.59. The molecule has 0 bridgehead atoms. The van der Waals surface area contributed by atoms with Crippen LogP contribution in [-0.4, -0.2) is 50.2 Å². The summed E-state index contributed by atoms with van der Waals surface area (Å²) in [5.41, 5.74) is 4.00. The van der Waals surface area contributed by atoms with Crippen LogP contribution in [0.2, 0.25) is 0 Å². The van der Waals surface area contributed by atoms with Gasteiger partial charge in [-0.05, 0) is 49.6 Å². The summed E-state index contributed by atoms with van der Waals surface area (Å²) >= 11 is 0. The molecule has 0 amide bonds. The molecular weight excluding hydrogens is 316 g/mol. The first-order valence-electron chi connectivity index (χ1n) is 8.88. The predicted molar refractivity (Wildman–Crippen MR) is 98.2 cm³/mol. The number of hydrogen-bond acceptors (Lipinski definition) is 5. The van der Waals surface area contributed by atoms with Crippen molar-refractivity contribution in [2.24, 2.45) is 0 Å². The Labute approximate surface area is 149 Å². The summed E-state index contributed by atoms with van der Waals surface area (Å²) in [7, 11) is 0. The highest BCUT2D eigenvalue weighted by molar-refractivity contribution is 5.86. The SMILES string of the molecule is Cc1ccc(C)c(N2CCN(CCCOC(=O)c3ccco3)CC2)c1. The van der Waals surface area contributed by atoms with Gasteiger partial charge in [0.25, 0.3) is 0 Å². The molecule has 25 heavy (non-hydrogen) atoms. The third-order valence-electron chi connectivity index (χ3n) is 4.65. The van der Waals surface area contributed by atoms with Gasteiger partial charge in [0.1, 0.15) is 0 Å². The van der Waals surface area contributed by atoms with E-state index in [1.54, 1.807) is 12.1 Å². The van der Waals surface area contributed by atoms with Gasteiger partial charge in [0.05, 0.1) is 12.9 Å². The van der Waals surface area contributed by atoms with Gasteiger partial charge < -0.3 is 14.1 Å². The molecule has 0 atom stereocenters. The predicted octanol–water partition coefficient (Wildman–Crippen LogP) is 3.27. The number of furan rings is 1. The van der Waals surface area contributed by atoms with E-state index in [2.05, 4.69) is 41.8 Å². The van der Waals surface area contributed by atoms with Crippen molar-refractivity contribution in [3.8, 4) is 0 Å². The molecule has 0 aliphatic carbocycles. The Balaban J connectivity index is 1.38. The van der Waals surface area contributed by atoms with Gasteiger partial charge in [0.2, 0.25) is 5.76 Å². The van der Waals surface area contributed by atoms with Gasteiger partial charge in [-0.2, -0.15) is 0 Å². The van der Waals surface area contributed by atoms with Crippen LogP contribution in [0, 0.1) is 13.8 Å². The lowest BCUT2D eigenvalue weighted by molar-refractivity contribution is 0.0451. The number of ether oxygens (including phenoxy) is 1. The quantitative estimate of drug-likeness (QED) is 0.596. The van der Waals surface area contributed by atoms with E-state index < -0.39 is 0 Å². The van der Waals surface area contributed by atoms with Crippen molar-refractivity contribution in [1.82, 2.24) is 4.90 Å². The van der Waals surface area contributed by atoms with E-state index in [-0.39, 0.29) is 11.7 Å². The minimum atomic E-state index is -0.384. The highest BCUT2D eigenvalue weighted by atomic mass is 16.5. The number of esters is 1. The molecule has 3 rings (SSSR count). The monoisotopic (exact) mass is 342 g/mol. The normalized spacial score (nSPS) is 15.4. The molecule has 1 aromatic heterocycles. The lowest BCUT2D eigenvalue weighted by atomic mass is 10.1. The van der Waals surface area contributed by atoms with Crippen LogP contribution in [0.25, 0.3) is 0 Å². The first-order chi connectivity index (χ1) is 12.1. The maximum absolute atomic E-state index is 11.7. The Hall–Kier alpha value is -2.27. The Morgan fingerprint density at radius 2 is 1.96 bits per heavy atom. The number of aryl methyl sites for hydroxylation is 2. The number of nitrogens with zero attached hydrogens (tertiary/aromatic N) is 2. The largest absolute Gasteiger partial charge is 0.460 e. The van der Waals surface area contributed by atoms with Crippen LogP contribution in [0.3, 0.4) is 0 Å². The Morgan fingerprint density at radius 3 is 2.68 bits per heavy atom. The highest BCUT2D eigenvalue weighted by Crippen LogP contribution is 2.22. The van der Waals surface area contributed by atoms with E-state index in [1.165, 1.54) is 23.1 Å². The summed E-state index contributed by atoms with van der Waals surface area (Å²) in [6, 6.07) is 9.95. The number of anilines is 1. The zero-order valence-electron chi connectivity index (χ0n) is 15.0. The third kappa shape index (κ3) is 4.63. The van der Waals surface area contributed by atoms with Gasteiger partial charge in [0, 0.05) is 38.4 Å². The van der Waals surface area contributed by atoms with E-state index in [9.17, 15) is 4.79 Å². The van der Waals surface area contributed by atoms with Crippen molar-refractivity contribution in [1.29, 1.82) is 0 Å². The average Bonchev–Trinajstić information content (AvgIpc) is 3.16. The van der Waals surface area contributed by atoms with E-state index in [1.807, 2.05) is 0 Å². The van der Waals surface area contributed by atoms with Crippen LogP contribution in [0.4, 0.5) is 5.69 Å². The molecule has 2 heterocycles. The zero-order chi connectivity index (χ0) is 17.6. The maximum Gasteiger partial charge on any atom is 0.374 e. The summed E-state index contributed by atoms with van der Waals surface area (Å²) < 4.78 is 10.3. The van der Waals surface area contributed by atoms with Crippen LogP contribution < -0.4 is 4.90 Å². The lowest BCUT2D eigenvalue weighted by Gasteiger charge is -2.37. The number of carbonyl (C=O) groups excluding carboxylic acids is 1. The van der Waals surface area contributed by atoms with E-state index in [4.69, 9.17) is 9.15 Å². The molecule has 0 spiro atoms. The molecule has 134 valence electrons. The van der Waals surface area contributed by atoms with Crippen LogP contribution >= 0.6 is 0 Å². The minimum Gasteiger partial charge on any atom is -0.460 e. The lowest BCUT2D eigenvalue weighted by Crippen LogP contribution is -2.47. The van der Waals surface area contributed by atoms with Gasteiger partial charge in [-0.25, -0.2) is 4.79 Å². The fourth-order valence-corrected chi connectivity index (χ4v) is 3.19.